The van der Waals surface area contributed by atoms with Gasteiger partial charge in [-0.2, -0.15) is 0 Å². The average Bonchev–Trinajstić information content (AvgIpc) is 1.79. The maximum Gasteiger partial charge on any atom is 0.310 e. The smallest absolute Gasteiger partial charge is 0.310 e. The fourth-order valence-electron chi connectivity index (χ4n) is 0.426. The van der Waals surface area contributed by atoms with E-state index in [1.807, 2.05) is 0 Å². The third-order valence-corrected chi connectivity index (χ3v) is 0.800. The van der Waals surface area contributed by atoms with Crippen molar-refractivity contribution in [1.82, 2.24) is 0 Å². The molecule has 0 aliphatic heterocycles. The molecule has 0 spiro atoms. The first-order chi connectivity index (χ1) is 6.25. The second kappa shape index (κ2) is 11.0. The van der Waals surface area contributed by atoms with Crippen LogP contribution in [-0.2, 0) is 40.2 Å². The van der Waals surface area contributed by atoms with Crippen molar-refractivity contribution < 1.29 is 50.5 Å². The van der Waals surface area contributed by atoms with Crippen LogP contribution in [0.5, 0.6) is 0 Å². The van der Waals surface area contributed by atoms with Crippen molar-refractivity contribution in [3.8, 4) is 0 Å². The van der Waals surface area contributed by atoms with Gasteiger partial charge in [-0.15, -0.1) is 0 Å². The summed E-state index contributed by atoms with van der Waals surface area (Å²) in [7, 11) is 0. The van der Waals surface area contributed by atoms with E-state index < -0.39 is 11.9 Å². The predicted octanol–water partition coefficient (Wildman–Crippen LogP) is 0.0977. The normalized spacial score (nSPS) is 7.60. The number of Topliss-reactive ketones (excluding diaryl/α,β-unsaturated/α-hetero) is 2. The Hall–Kier alpha value is -1.03. The Morgan fingerprint density at radius 2 is 1.00 bits per heavy atom. The molecule has 0 rings (SSSR count). The molecule has 0 aromatic carbocycles. The van der Waals surface area contributed by atoms with Crippen molar-refractivity contribution in [1.29, 1.82) is 0 Å². The molecule has 0 amide bonds. The standard InChI is InChI=1S/2C4H6O3.Pt/c2*1-3(5)2-4(6)7;/h2*2H2,1H3,(H,6,7);. The van der Waals surface area contributed by atoms with Crippen LogP contribution in [0.1, 0.15) is 26.7 Å². The number of hydrogen-bond acceptors (Lipinski definition) is 4. The molecule has 0 aliphatic carbocycles. The molecule has 2 N–H and O–H groups in total. The molecule has 0 saturated heterocycles. The van der Waals surface area contributed by atoms with Crippen molar-refractivity contribution in [3.63, 3.8) is 0 Å². The van der Waals surface area contributed by atoms with Gasteiger partial charge in [-0.25, -0.2) is 0 Å². The molecule has 6 nitrogen and oxygen atoms in total. The molecule has 0 aromatic heterocycles. The van der Waals surface area contributed by atoms with Crippen LogP contribution in [0.3, 0.4) is 0 Å². The molecule has 15 heavy (non-hydrogen) atoms. The summed E-state index contributed by atoms with van der Waals surface area (Å²) in [6.45, 7) is 2.49. The Bertz CT molecular complexity index is 198. The molecule has 0 heterocycles. The molecule has 0 aromatic rings. The molecule has 0 fully saturated rings. The van der Waals surface area contributed by atoms with Gasteiger partial charge >= 0.3 is 11.9 Å². The van der Waals surface area contributed by atoms with Crippen LogP contribution in [-0.4, -0.2) is 33.7 Å². The Balaban J connectivity index is -0.000000180. The molecular formula is C8H12O6Pt. The molecule has 7 heteroatoms. The molecule has 90 valence electrons. The van der Waals surface area contributed by atoms with Gasteiger partial charge in [-0.05, 0) is 13.8 Å². The van der Waals surface area contributed by atoms with Crippen LogP contribution >= 0.6 is 0 Å². The van der Waals surface area contributed by atoms with Gasteiger partial charge in [0, 0.05) is 21.1 Å². The van der Waals surface area contributed by atoms with Gasteiger partial charge in [0.25, 0.3) is 0 Å². The Morgan fingerprint density at radius 1 is 0.800 bits per heavy atom. The average molecular weight is 399 g/mol. The first-order valence-corrected chi connectivity index (χ1v) is 3.68. The van der Waals surface area contributed by atoms with E-state index in [1.165, 1.54) is 13.8 Å². The number of rotatable bonds is 4. The minimum Gasteiger partial charge on any atom is -0.481 e. The first-order valence-electron chi connectivity index (χ1n) is 3.68. The number of carbonyl (C=O) groups excluding carboxylic acids is 2. The number of aliphatic carboxylic acids is 2. The van der Waals surface area contributed by atoms with Gasteiger partial charge in [0.15, 0.2) is 0 Å². The van der Waals surface area contributed by atoms with Crippen LogP contribution in [0, 0.1) is 0 Å². The van der Waals surface area contributed by atoms with Crippen molar-refractivity contribution in [2.75, 3.05) is 0 Å². The molecule has 0 aliphatic rings. The number of hydrogen-bond donors (Lipinski definition) is 2. The number of carbonyl (C=O) groups is 4. The summed E-state index contributed by atoms with van der Waals surface area (Å²) in [5, 5.41) is 15.7. The van der Waals surface area contributed by atoms with Crippen molar-refractivity contribution >= 4 is 23.5 Å². The summed E-state index contributed by atoms with van der Waals surface area (Å²) in [5.74, 6) is -2.75. The summed E-state index contributed by atoms with van der Waals surface area (Å²) >= 11 is 0. The monoisotopic (exact) mass is 399 g/mol. The summed E-state index contributed by atoms with van der Waals surface area (Å²) in [6, 6.07) is 0. The third-order valence-electron chi connectivity index (χ3n) is 0.800. The van der Waals surface area contributed by atoms with Gasteiger partial charge in [-0.1, -0.05) is 0 Å². The summed E-state index contributed by atoms with van der Waals surface area (Å²) < 4.78 is 0. The van der Waals surface area contributed by atoms with E-state index >= 15 is 0 Å². The number of ketones is 2. The zero-order chi connectivity index (χ0) is 11.7. The van der Waals surface area contributed by atoms with Gasteiger partial charge < -0.3 is 10.2 Å². The molecule has 0 atom stereocenters. The van der Waals surface area contributed by atoms with E-state index in [0.29, 0.717) is 0 Å². The second-order valence-corrected chi connectivity index (χ2v) is 2.55. The van der Waals surface area contributed by atoms with E-state index in [1.54, 1.807) is 0 Å². The van der Waals surface area contributed by atoms with E-state index in [4.69, 9.17) is 10.2 Å². The molecule has 0 radical (unpaired) electrons. The second-order valence-electron chi connectivity index (χ2n) is 2.55. The quantitative estimate of drug-likeness (QED) is 0.649. The van der Waals surface area contributed by atoms with Gasteiger partial charge in [0.1, 0.15) is 24.4 Å². The predicted molar refractivity (Wildman–Crippen MR) is 45.9 cm³/mol. The fourth-order valence-corrected chi connectivity index (χ4v) is 0.426. The fraction of sp³-hybridized carbons (Fsp3) is 0.500. The van der Waals surface area contributed by atoms with Crippen LogP contribution in [0.15, 0.2) is 0 Å². The Kier molecular flexibility index (Phi) is 14.4. The Morgan fingerprint density at radius 3 is 1.00 bits per heavy atom. The zero-order valence-corrected chi connectivity index (χ0v) is 10.5. The van der Waals surface area contributed by atoms with Crippen molar-refractivity contribution in [2.24, 2.45) is 0 Å². The summed E-state index contributed by atoms with van der Waals surface area (Å²) in [6.07, 6.45) is -0.722. The van der Waals surface area contributed by atoms with Crippen molar-refractivity contribution in [3.05, 3.63) is 0 Å². The van der Waals surface area contributed by atoms with E-state index in [-0.39, 0.29) is 45.5 Å². The van der Waals surface area contributed by atoms with Crippen LogP contribution < -0.4 is 0 Å². The van der Waals surface area contributed by atoms with Gasteiger partial charge in [0.05, 0.1) is 0 Å². The van der Waals surface area contributed by atoms with E-state index in [9.17, 15) is 19.2 Å². The Labute approximate surface area is 101 Å². The first kappa shape index (κ1) is 19.5. The third kappa shape index (κ3) is 32.1. The van der Waals surface area contributed by atoms with E-state index in [0.717, 1.165) is 0 Å². The van der Waals surface area contributed by atoms with Gasteiger partial charge in [-0.3, -0.25) is 19.2 Å². The largest absolute Gasteiger partial charge is 0.481 e. The van der Waals surface area contributed by atoms with Crippen LogP contribution in [0.25, 0.3) is 0 Å². The molecular weight excluding hydrogens is 387 g/mol. The minimum atomic E-state index is -1.06. The maximum atomic E-state index is 9.87. The zero-order valence-electron chi connectivity index (χ0n) is 8.26. The number of carboxylic acid groups (broad SMARTS) is 2. The van der Waals surface area contributed by atoms with Crippen molar-refractivity contribution in [2.45, 2.75) is 26.7 Å². The maximum absolute atomic E-state index is 9.87. The molecule has 0 saturated carbocycles. The van der Waals surface area contributed by atoms with Crippen LogP contribution in [0.2, 0.25) is 0 Å². The molecule has 0 bridgehead atoms. The SMILES string of the molecule is CC(=O)CC(=O)O.CC(=O)CC(=O)O.[Pt]. The minimum absolute atomic E-state index is 0. The summed E-state index contributed by atoms with van der Waals surface area (Å²) in [4.78, 5) is 38.9. The molecule has 0 unspecified atom stereocenters. The summed E-state index contributed by atoms with van der Waals surface area (Å²) in [5.41, 5.74) is 0. The topological polar surface area (TPSA) is 109 Å². The van der Waals surface area contributed by atoms with Gasteiger partial charge in [0.2, 0.25) is 0 Å². The van der Waals surface area contributed by atoms with Crippen LogP contribution in [0.4, 0.5) is 0 Å². The van der Waals surface area contributed by atoms with E-state index in [2.05, 4.69) is 0 Å². The number of carboxylic acids is 2.